The highest BCUT2D eigenvalue weighted by Gasteiger charge is 2.38. The Morgan fingerprint density at radius 1 is 1.26 bits per heavy atom. The molecule has 1 N–H and O–H groups in total. The number of rotatable bonds is 1. The van der Waals surface area contributed by atoms with Crippen molar-refractivity contribution in [2.75, 3.05) is 18.0 Å². The molecule has 1 aromatic carbocycles. The molecule has 1 fully saturated rings. The van der Waals surface area contributed by atoms with Gasteiger partial charge in [0.05, 0.1) is 29.0 Å². The van der Waals surface area contributed by atoms with Gasteiger partial charge in [0.25, 0.3) is 0 Å². The SMILES string of the molecule is N#Cc1cccc(N2CCC(O)CC2)c1C(F)(F)F. The first-order chi connectivity index (χ1) is 8.93. The van der Waals surface area contributed by atoms with Crippen molar-refractivity contribution >= 4 is 5.69 Å². The number of benzene rings is 1. The standard InChI is InChI=1S/C13H13F3N2O/c14-13(15,16)12-9(8-17)2-1-3-11(12)18-6-4-10(19)5-7-18/h1-3,10,19H,4-7H2. The van der Waals surface area contributed by atoms with Crippen LogP contribution in [0.5, 0.6) is 0 Å². The van der Waals surface area contributed by atoms with Crippen molar-refractivity contribution in [2.24, 2.45) is 0 Å². The monoisotopic (exact) mass is 270 g/mol. The van der Waals surface area contributed by atoms with Gasteiger partial charge in [0.15, 0.2) is 0 Å². The summed E-state index contributed by atoms with van der Waals surface area (Å²) in [5.74, 6) is 0. The molecule has 0 spiro atoms. The predicted molar refractivity (Wildman–Crippen MR) is 63.6 cm³/mol. The van der Waals surface area contributed by atoms with E-state index >= 15 is 0 Å². The zero-order valence-electron chi connectivity index (χ0n) is 10.1. The van der Waals surface area contributed by atoms with Gasteiger partial charge in [-0.1, -0.05) is 6.07 Å². The summed E-state index contributed by atoms with van der Waals surface area (Å²) >= 11 is 0. The van der Waals surface area contributed by atoms with Crippen LogP contribution < -0.4 is 4.90 Å². The van der Waals surface area contributed by atoms with E-state index in [1.165, 1.54) is 18.2 Å². The number of hydrogen-bond donors (Lipinski definition) is 1. The quantitative estimate of drug-likeness (QED) is 0.853. The average molecular weight is 270 g/mol. The second kappa shape index (κ2) is 5.10. The highest BCUT2D eigenvalue weighted by Crippen LogP contribution is 2.39. The molecule has 1 aliphatic rings. The molecule has 0 unspecified atom stereocenters. The number of halogens is 3. The van der Waals surface area contributed by atoms with Crippen molar-refractivity contribution in [1.82, 2.24) is 0 Å². The molecular weight excluding hydrogens is 257 g/mol. The van der Waals surface area contributed by atoms with E-state index in [4.69, 9.17) is 5.26 Å². The lowest BCUT2D eigenvalue weighted by molar-refractivity contribution is -0.137. The predicted octanol–water partition coefficient (Wildman–Crippen LogP) is 2.54. The van der Waals surface area contributed by atoms with Gasteiger partial charge < -0.3 is 10.0 Å². The summed E-state index contributed by atoms with van der Waals surface area (Å²) < 4.78 is 39.3. The largest absolute Gasteiger partial charge is 0.419 e. The number of anilines is 1. The van der Waals surface area contributed by atoms with Gasteiger partial charge >= 0.3 is 6.18 Å². The number of nitriles is 1. The maximum Gasteiger partial charge on any atom is 0.419 e. The minimum atomic E-state index is -4.56. The van der Waals surface area contributed by atoms with Crippen molar-refractivity contribution in [2.45, 2.75) is 25.1 Å². The van der Waals surface area contributed by atoms with Crippen LogP contribution in [0.1, 0.15) is 24.0 Å². The van der Waals surface area contributed by atoms with Crippen LogP contribution in [0.25, 0.3) is 0 Å². The van der Waals surface area contributed by atoms with Crippen molar-refractivity contribution in [3.63, 3.8) is 0 Å². The first kappa shape index (κ1) is 13.7. The van der Waals surface area contributed by atoms with Gasteiger partial charge in [0.1, 0.15) is 0 Å². The van der Waals surface area contributed by atoms with Crippen LogP contribution in [-0.4, -0.2) is 24.3 Å². The molecule has 0 aromatic heterocycles. The molecule has 0 atom stereocenters. The van der Waals surface area contributed by atoms with Crippen LogP contribution in [-0.2, 0) is 6.18 Å². The molecule has 19 heavy (non-hydrogen) atoms. The van der Waals surface area contributed by atoms with E-state index in [1.54, 1.807) is 11.0 Å². The molecule has 1 saturated heterocycles. The smallest absolute Gasteiger partial charge is 0.393 e. The average Bonchev–Trinajstić information content (AvgIpc) is 2.37. The minimum Gasteiger partial charge on any atom is -0.393 e. The number of nitrogens with zero attached hydrogens (tertiary/aromatic N) is 2. The lowest BCUT2D eigenvalue weighted by Gasteiger charge is -2.33. The molecule has 1 aliphatic heterocycles. The van der Waals surface area contributed by atoms with Gasteiger partial charge in [0, 0.05) is 13.1 Å². The number of aliphatic hydroxyl groups is 1. The zero-order chi connectivity index (χ0) is 14.0. The van der Waals surface area contributed by atoms with Crippen molar-refractivity contribution in [3.05, 3.63) is 29.3 Å². The maximum atomic E-state index is 13.1. The first-order valence-corrected chi connectivity index (χ1v) is 5.97. The van der Waals surface area contributed by atoms with E-state index < -0.39 is 17.8 Å². The number of aliphatic hydroxyl groups excluding tert-OH is 1. The molecule has 3 nitrogen and oxygen atoms in total. The summed E-state index contributed by atoms with van der Waals surface area (Å²) in [5, 5.41) is 18.2. The highest BCUT2D eigenvalue weighted by molar-refractivity contribution is 5.61. The summed E-state index contributed by atoms with van der Waals surface area (Å²) in [7, 11) is 0. The summed E-state index contributed by atoms with van der Waals surface area (Å²) in [6, 6.07) is 5.59. The van der Waals surface area contributed by atoms with E-state index in [1.807, 2.05) is 0 Å². The van der Waals surface area contributed by atoms with Crippen LogP contribution in [0.15, 0.2) is 18.2 Å². The van der Waals surface area contributed by atoms with Crippen molar-refractivity contribution in [3.8, 4) is 6.07 Å². The fourth-order valence-corrected chi connectivity index (χ4v) is 2.30. The molecule has 1 aromatic rings. The van der Waals surface area contributed by atoms with Crippen LogP contribution >= 0.6 is 0 Å². The van der Waals surface area contributed by atoms with Gasteiger partial charge in [-0.3, -0.25) is 0 Å². The van der Waals surface area contributed by atoms with Crippen LogP contribution in [0, 0.1) is 11.3 Å². The fraction of sp³-hybridized carbons (Fsp3) is 0.462. The fourth-order valence-electron chi connectivity index (χ4n) is 2.30. The minimum absolute atomic E-state index is 0.0263. The molecule has 1 heterocycles. The molecule has 102 valence electrons. The van der Waals surface area contributed by atoms with Gasteiger partial charge in [-0.05, 0) is 25.0 Å². The third-order valence-electron chi connectivity index (χ3n) is 3.25. The maximum absolute atomic E-state index is 13.1. The summed E-state index contributed by atoms with van der Waals surface area (Å²) in [6.45, 7) is 0.720. The van der Waals surface area contributed by atoms with Crippen LogP contribution in [0.4, 0.5) is 18.9 Å². The molecule has 0 amide bonds. The van der Waals surface area contributed by atoms with Crippen LogP contribution in [0.2, 0.25) is 0 Å². The molecule has 0 aliphatic carbocycles. The molecule has 6 heteroatoms. The van der Waals surface area contributed by atoms with Crippen molar-refractivity contribution in [1.29, 1.82) is 5.26 Å². The van der Waals surface area contributed by atoms with Crippen LogP contribution in [0.3, 0.4) is 0 Å². The zero-order valence-corrected chi connectivity index (χ0v) is 10.1. The van der Waals surface area contributed by atoms with E-state index in [0.29, 0.717) is 25.9 Å². The Kier molecular flexibility index (Phi) is 3.67. The lowest BCUT2D eigenvalue weighted by atomic mass is 10.0. The van der Waals surface area contributed by atoms with Gasteiger partial charge in [-0.2, -0.15) is 18.4 Å². The van der Waals surface area contributed by atoms with Gasteiger partial charge in [-0.15, -0.1) is 0 Å². The van der Waals surface area contributed by atoms with Gasteiger partial charge in [0.2, 0.25) is 0 Å². The summed E-state index contributed by atoms with van der Waals surface area (Å²) in [5.41, 5.74) is -1.22. The lowest BCUT2D eigenvalue weighted by Crippen LogP contribution is -2.37. The normalized spacial score (nSPS) is 17.3. The summed E-state index contributed by atoms with van der Waals surface area (Å²) in [4.78, 5) is 1.58. The Bertz CT molecular complexity index is 500. The molecule has 0 saturated carbocycles. The van der Waals surface area contributed by atoms with E-state index in [2.05, 4.69) is 0 Å². The highest BCUT2D eigenvalue weighted by atomic mass is 19.4. The number of hydrogen-bond acceptors (Lipinski definition) is 3. The third-order valence-corrected chi connectivity index (χ3v) is 3.25. The second-order valence-corrected chi connectivity index (χ2v) is 4.53. The Morgan fingerprint density at radius 2 is 1.89 bits per heavy atom. The summed E-state index contributed by atoms with van der Waals surface area (Å²) in [6.07, 6.45) is -4.13. The first-order valence-electron chi connectivity index (χ1n) is 5.97. The molecule has 0 radical (unpaired) electrons. The molecule has 0 bridgehead atoms. The molecule has 2 rings (SSSR count). The number of alkyl halides is 3. The Balaban J connectivity index is 2.43. The topological polar surface area (TPSA) is 47.3 Å². The van der Waals surface area contributed by atoms with E-state index in [0.717, 1.165) is 0 Å². The van der Waals surface area contributed by atoms with Gasteiger partial charge in [-0.25, -0.2) is 0 Å². The van der Waals surface area contributed by atoms with E-state index in [9.17, 15) is 18.3 Å². The number of piperidine rings is 1. The van der Waals surface area contributed by atoms with E-state index in [-0.39, 0.29) is 11.3 Å². The molecular formula is C13H13F3N2O. The second-order valence-electron chi connectivity index (χ2n) is 4.53. The Hall–Kier alpha value is -1.74. The Morgan fingerprint density at radius 3 is 2.42 bits per heavy atom. The van der Waals surface area contributed by atoms with Crippen molar-refractivity contribution < 1.29 is 18.3 Å². The third kappa shape index (κ3) is 2.82. The Labute approximate surface area is 108 Å².